The predicted octanol–water partition coefficient (Wildman–Crippen LogP) is 2.44. The van der Waals surface area contributed by atoms with E-state index in [1.807, 2.05) is 0 Å². The van der Waals surface area contributed by atoms with E-state index in [-0.39, 0.29) is 41.1 Å². The molecular formula is C35H40F3NO11. The summed E-state index contributed by atoms with van der Waals surface area (Å²) < 4.78 is 54.6. The van der Waals surface area contributed by atoms with Gasteiger partial charge in [0.25, 0.3) is 0 Å². The summed E-state index contributed by atoms with van der Waals surface area (Å²) in [7, 11) is 0. The van der Waals surface area contributed by atoms with Crippen LogP contribution in [-0.2, 0) is 20.4 Å². The lowest BCUT2D eigenvalue weighted by atomic mass is 9.73. The Morgan fingerprint density at radius 3 is 2.22 bits per heavy atom. The Morgan fingerprint density at radius 2 is 1.58 bits per heavy atom. The predicted molar refractivity (Wildman–Crippen MR) is 169 cm³/mol. The molecule has 0 aromatic heterocycles. The number of alkyl halides is 3. The Bertz CT molecular complexity index is 1610. The maximum absolute atomic E-state index is 12.9. The molecule has 50 heavy (non-hydrogen) atoms. The molecule has 2 aliphatic carbocycles. The third kappa shape index (κ3) is 7.98. The van der Waals surface area contributed by atoms with Gasteiger partial charge in [0.05, 0.1) is 29.4 Å². The molecule has 272 valence electrons. The van der Waals surface area contributed by atoms with Gasteiger partial charge < -0.3 is 50.2 Å². The van der Waals surface area contributed by atoms with Crippen molar-refractivity contribution in [3.63, 3.8) is 0 Å². The Kier molecular flexibility index (Phi) is 11.2. The highest BCUT2D eigenvalue weighted by Gasteiger charge is 2.51. The number of phenolic OH excluding ortho intramolecular Hbond substituents is 1. The van der Waals surface area contributed by atoms with Crippen LogP contribution in [-0.4, -0.2) is 98.1 Å². The van der Waals surface area contributed by atoms with E-state index in [0.29, 0.717) is 24.0 Å². The van der Waals surface area contributed by atoms with E-state index in [9.17, 15) is 53.4 Å². The van der Waals surface area contributed by atoms with Gasteiger partial charge in [0, 0.05) is 5.57 Å². The number of nitrogens with one attached hydrogen (secondary N) is 1. The van der Waals surface area contributed by atoms with Crippen molar-refractivity contribution in [3.8, 4) is 11.5 Å². The molecule has 7 N–H and O–H groups in total. The van der Waals surface area contributed by atoms with Gasteiger partial charge in [-0.25, -0.2) is 4.79 Å². The van der Waals surface area contributed by atoms with E-state index >= 15 is 0 Å². The van der Waals surface area contributed by atoms with Crippen molar-refractivity contribution in [2.45, 2.75) is 88.2 Å². The van der Waals surface area contributed by atoms with E-state index in [4.69, 9.17) is 14.2 Å². The van der Waals surface area contributed by atoms with Crippen LogP contribution in [0.15, 0.2) is 59.7 Å². The van der Waals surface area contributed by atoms with Crippen molar-refractivity contribution in [1.29, 1.82) is 0 Å². The summed E-state index contributed by atoms with van der Waals surface area (Å²) in [5.74, 6) is -2.39. The van der Waals surface area contributed by atoms with Crippen LogP contribution < -0.4 is 10.1 Å². The van der Waals surface area contributed by atoms with Crippen LogP contribution in [0, 0.1) is 11.8 Å². The number of benzene rings is 2. The third-order valence-corrected chi connectivity index (χ3v) is 9.59. The maximum Gasteiger partial charge on any atom is 0.416 e. The molecular weight excluding hydrogens is 667 g/mol. The Balaban J connectivity index is 1.15. The zero-order valence-electron chi connectivity index (χ0n) is 27.2. The molecule has 15 heteroatoms. The maximum atomic E-state index is 12.9. The van der Waals surface area contributed by atoms with Gasteiger partial charge in [-0.2, -0.15) is 13.2 Å². The smallest absolute Gasteiger partial charge is 0.416 e. The SMILES string of the molecule is C/C(=C\c1ccc(O[C@@H]2O[C@H](/C(C)=C/COC(=O)c3ccc(C(F)(F)F)cc3)[C@@H](O)[C@@H]2O)c(O)c1)C(=O)N[C@@H]1[C@H](O)[C@@H](O)[C@H]2CCC[C@H]2[C@@H]1O. The van der Waals surface area contributed by atoms with Crippen molar-refractivity contribution in [2.24, 2.45) is 11.8 Å². The molecule has 12 nitrogen and oxygen atoms in total. The first-order chi connectivity index (χ1) is 23.6. The molecule has 1 aliphatic heterocycles. The van der Waals surface area contributed by atoms with Crippen molar-refractivity contribution in [1.82, 2.24) is 5.32 Å². The number of carbonyl (C=O) groups is 2. The minimum atomic E-state index is -4.55. The highest BCUT2D eigenvalue weighted by atomic mass is 19.4. The number of aromatic hydroxyl groups is 1. The second-order valence-electron chi connectivity index (χ2n) is 12.9. The van der Waals surface area contributed by atoms with E-state index in [2.05, 4.69) is 5.32 Å². The van der Waals surface area contributed by atoms with Crippen LogP contribution in [0.1, 0.15) is 54.6 Å². The van der Waals surface area contributed by atoms with Crippen LogP contribution >= 0.6 is 0 Å². The first-order valence-electron chi connectivity index (χ1n) is 16.1. The van der Waals surface area contributed by atoms with E-state index in [0.717, 1.165) is 30.7 Å². The summed E-state index contributed by atoms with van der Waals surface area (Å²) in [4.78, 5) is 25.2. The number of aliphatic hydroxyl groups is 5. The Labute approximate surface area is 285 Å². The molecule has 1 saturated heterocycles. The number of hydrogen-bond donors (Lipinski definition) is 7. The zero-order valence-corrected chi connectivity index (χ0v) is 27.2. The van der Waals surface area contributed by atoms with Crippen LogP contribution in [0.25, 0.3) is 6.08 Å². The average Bonchev–Trinajstić information content (AvgIpc) is 3.68. The molecule has 0 radical (unpaired) electrons. The molecule has 0 unspecified atom stereocenters. The van der Waals surface area contributed by atoms with Gasteiger partial charge in [-0.3, -0.25) is 4.79 Å². The molecule has 2 aromatic rings. The first kappa shape index (κ1) is 37.3. The second kappa shape index (κ2) is 15.1. The molecule has 0 bridgehead atoms. The van der Waals surface area contributed by atoms with Crippen molar-refractivity contribution < 1.29 is 67.6 Å². The van der Waals surface area contributed by atoms with E-state index < -0.39 is 72.6 Å². The van der Waals surface area contributed by atoms with Crippen molar-refractivity contribution in [3.05, 3.63) is 76.4 Å². The lowest BCUT2D eigenvalue weighted by molar-refractivity contribution is -0.139. The first-order valence-corrected chi connectivity index (χ1v) is 16.1. The molecule has 3 aliphatic rings. The van der Waals surface area contributed by atoms with Crippen LogP contribution in [0.2, 0.25) is 0 Å². The summed E-state index contributed by atoms with van der Waals surface area (Å²) >= 11 is 0. The summed E-state index contributed by atoms with van der Waals surface area (Å²) in [5.41, 5.74) is -0.0722. The van der Waals surface area contributed by atoms with Crippen LogP contribution in [0.3, 0.4) is 0 Å². The van der Waals surface area contributed by atoms with Gasteiger partial charge in [-0.15, -0.1) is 0 Å². The number of hydrogen-bond acceptors (Lipinski definition) is 11. The lowest BCUT2D eigenvalue weighted by Gasteiger charge is -2.43. The fraction of sp³-hybridized carbons (Fsp3) is 0.486. The highest BCUT2D eigenvalue weighted by molar-refractivity contribution is 5.97. The number of esters is 1. The summed E-state index contributed by atoms with van der Waals surface area (Å²) in [6.45, 7) is 2.73. The molecule has 1 amide bonds. The van der Waals surface area contributed by atoms with Crippen molar-refractivity contribution >= 4 is 18.0 Å². The standard InChI is InChI=1S/C35H40F3NO11/c1-16(12-13-48-33(47)19-7-9-20(10-8-19)35(36,37)38)31-29(44)30(45)34(50-31)49-24-11-6-18(15-23(24)40)14-17(2)32(46)39-25-26(41)21-4-3-5-22(21)27(42)28(25)43/h6-12,14-15,21-22,25-31,34,40-45H,3-5,13H2,1-2H3,(H,39,46)/b16-12+,17-14+/t21-,22+,25+,26+,27+,28+,29+,30+,31-,34-/m1/s1. The minimum Gasteiger partial charge on any atom is -0.504 e. The van der Waals surface area contributed by atoms with Gasteiger partial charge in [0.15, 0.2) is 11.5 Å². The number of ether oxygens (including phenoxy) is 3. The number of fused-ring (bicyclic) bond motifs is 1. The van der Waals surface area contributed by atoms with Crippen LogP contribution in [0.5, 0.6) is 11.5 Å². The molecule has 3 fully saturated rings. The van der Waals surface area contributed by atoms with Gasteiger partial charge in [-0.05, 0) is 98.2 Å². The quantitative estimate of drug-likeness (QED) is 0.115. The molecule has 1 heterocycles. The number of aliphatic hydroxyl groups excluding tert-OH is 5. The highest BCUT2D eigenvalue weighted by Crippen LogP contribution is 2.43. The number of phenols is 1. The van der Waals surface area contributed by atoms with Gasteiger partial charge in [0.2, 0.25) is 12.2 Å². The summed E-state index contributed by atoms with van der Waals surface area (Å²) in [6.07, 6.45) is -8.41. The molecule has 2 aromatic carbocycles. The molecule has 2 saturated carbocycles. The minimum absolute atomic E-state index is 0.0912. The topological polar surface area (TPSA) is 195 Å². The Morgan fingerprint density at radius 1 is 0.920 bits per heavy atom. The second-order valence-corrected chi connectivity index (χ2v) is 12.9. The molecule has 5 rings (SSSR count). The van der Waals surface area contributed by atoms with Gasteiger partial charge in [-0.1, -0.05) is 12.5 Å². The average molecular weight is 708 g/mol. The number of carbonyl (C=O) groups excluding carboxylic acids is 2. The van der Waals surface area contributed by atoms with E-state index in [1.54, 1.807) is 0 Å². The lowest BCUT2D eigenvalue weighted by Crippen LogP contribution is -2.63. The van der Waals surface area contributed by atoms with E-state index in [1.165, 1.54) is 44.2 Å². The van der Waals surface area contributed by atoms with Crippen molar-refractivity contribution in [2.75, 3.05) is 6.61 Å². The third-order valence-electron chi connectivity index (χ3n) is 9.59. The summed E-state index contributed by atoms with van der Waals surface area (Å²) in [5, 5.41) is 66.3. The normalized spacial score (nSPS) is 31.6. The molecule has 0 spiro atoms. The number of halogens is 3. The van der Waals surface area contributed by atoms with Gasteiger partial charge in [0.1, 0.15) is 31.0 Å². The monoisotopic (exact) mass is 707 g/mol. The largest absolute Gasteiger partial charge is 0.504 e. The van der Waals surface area contributed by atoms with Gasteiger partial charge >= 0.3 is 12.1 Å². The van der Waals surface area contributed by atoms with Crippen LogP contribution in [0.4, 0.5) is 13.2 Å². The Hall–Kier alpha value is -3.99. The molecule has 10 atom stereocenters. The number of rotatable bonds is 9. The summed E-state index contributed by atoms with van der Waals surface area (Å²) in [6, 6.07) is 6.61. The number of amides is 1. The fourth-order valence-corrected chi connectivity index (χ4v) is 6.76. The fourth-order valence-electron chi connectivity index (χ4n) is 6.76. The zero-order chi connectivity index (χ0) is 36.5.